The van der Waals surface area contributed by atoms with E-state index in [-0.39, 0.29) is 0 Å². The van der Waals surface area contributed by atoms with Crippen LogP contribution in [-0.4, -0.2) is 51.2 Å². The van der Waals surface area contributed by atoms with E-state index in [1.165, 1.54) is 11.3 Å². The molecule has 18 heavy (non-hydrogen) atoms. The zero-order valence-electron chi connectivity index (χ0n) is 11.4. The Morgan fingerprint density at radius 3 is 2.89 bits per heavy atom. The topological polar surface area (TPSA) is 18.5 Å². The van der Waals surface area contributed by atoms with Crippen LogP contribution in [0.4, 0.5) is 5.69 Å². The molecule has 1 unspecified atom stereocenters. The number of rotatable bonds is 3. The molecule has 1 aliphatic heterocycles. The second-order valence-electron chi connectivity index (χ2n) is 5.24. The zero-order chi connectivity index (χ0) is 13.1. The van der Waals surface area contributed by atoms with Gasteiger partial charge < -0.3 is 15.1 Å². The van der Waals surface area contributed by atoms with E-state index < -0.39 is 0 Å². The average molecular weight is 268 g/mol. The predicted molar refractivity (Wildman–Crippen MR) is 78.7 cm³/mol. The number of hydrogen-bond acceptors (Lipinski definition) is 3. The van der Waals surface area contributed by atoms with Crippen LogP contribution in [0.5, 0.6) is 0 Å². The summed E-state index contributed by atoms with van der Waals surface area (Å²) in [6.45, 7) is 6.35. The van der Waals surface area contributed by atoms with Crippen molar-refractivity contribution in [3.05, 3.63) is 28.8 Å². The van der Waals surface area contributed by atoms with Gasteiger partial charge in [0, 0.05) is 36.9 Å². The van der Waals surface area contributed by atoms with Gasteiger partial charge in [-0.25, -0.2) is 0 Å². The van der Waals surface area contributed by atoms with Crippen LogP contribution in [0.25, 0.3) is 0 Å². The molecule has 1 heterocycles. The van der Waals surface area contributed by atoms with E-state index in [9.17, 15) is 0 Å². The van der Waals surface area contributed by atoms with Crippen molar-refractivity contribution < 1.29 is 0 Å². The summed E-state index contributed by atoms with van der Waals surface area (Å²) in [5.74, 6) is 0. The molecule has 0 radical (unpaired) electrons. The molecule has 0 aliphatic carbocycles. The number of nitrogens with one attached hydrogen (secondary N) is 1. The lowest BCUT2D eigenvalue weighted by molar-refractivity contribution is 0.336. The minimum absolute atomic E-state index is 0.522. The molecule has 1 aromatic rings. The first-order valence-corrected chi connectivity index (χ1v) is 6.84. The van der Waals surface area contributed by atoms with E-state index in [1.54, 1.807) is 0 Å². The SMILES string of the molecule is Cc1cc(Cl)ccc1N1CCNCC1CN(C)C. The Morgan fingerprint density at radius 2 is 2.22 bits per heavy atom. The van der Waals surface area contributed by atoms with Crippen molar-refractivity contribution in [2.24, 2.45) is 0 Å². The van der Waals surface area contributed by atoms with Crippen LogP contribution >= 0.6 is 11.6 Å². The summed E-state index contributed by atoms with van der Waals surface area (Å²) in [4.78, 5) is 4.75. The predicted octanol–water partition coefficient (Wildman–Crippen LogP) is 1.99. The van der Waals surface area contributed by atoms with Crippen LogP contribution in [0.15, 0.2) is 18.2 Å². The van der Waals surface area contributed by atoms with Crippen LogP contribution < -0.4 is 10.2 Å². The van der Waals surface area contributed by atoms with Crippen molar-refractivity contribution in [1.29, 1.82) is 0 Å². The van der Waals surface area contributed by atoms with E-state index in [0.29, 0.717) is 6.04 Å². The standard InChI is InChI=1S/C14H22ClN3/c1-11-8-12(15)4-5-14(11)18-7-6-16-9-13(18)10-17(2)3/h4-5,8,13,16H,6-7,9-10H2,1-3H3. The molecule has 100 valence electrons. The zero-order valence-corrected chi connectivity index (χ0v) is 12.2. The summed E-state index contributed by atoms with van der Waals surface area (Å²) >= 11 is 6.04. The number of hydrogen-bond donors (Lipinski definition) is 1. The minimum Gasteiger partial charge on any atom is -0.364 e. The molecule has 0 spiro atoms. The first-order chi connectivity index (χ1) is 8.58. The molecule has 1 fully saturated rings. The minimum atomic E-state index is 0.522. The van der Waals surface area contributed by atoms with Crippen LogP contribution in [0.2, 0.25) is 5.02 Å². The third kappa shape index (κ3) is 3.16. The van der Waals surface area contributed by atoms with Crippen molar-refractivity contribution in [1.82, 2.24) is 10.2 Å². The lowest BCUT2D eigenvalue weighted by Gasteiger charge is -2.40. The number of anilines is 1. The summed E-state index contributed by atoms with van der Waals surface area (Å²) in [7, 11) is 4.25. The van der Waals surface area contributed by atoms with E-state index in [0.717, 1.165) is 31.2 Å². The largest absolute Gasteiger partial charge is 0.364 e. The van der Waals surface area contributed by atoms with Gasteiger partial charge in [0.2, 0.25) is 0 Å². The van der Waals surface area contributed by atoms with E-state index in [2.05, 4.69) is 42.2 Å². The molecule has 3 nitrogen and oxygen atoms in total. The fourth-order valence-electron chi connectivity index (χ4n) is 2.60. The smallest absolute Gasteiger partial charge is 0.0541 e. The highest BCUT2D eigenvalue weighted by molar-refractivity contribution is 6.30. The van der Waals surface area contributed by atoms with Crippen LogP contribution in [0, 0.1) is 6.92 Å². The van der Waals surface area contributed by atoms with Gasteiger partial charge in [-0.2, -0.15) is 0 Å². The first-order valence-electron chi connectivity index (χ1n) is 6.46. The molecular formula is C14H22ClN3. The van der Waals surface area contributed by atoms with Gasteiger partial charge in [0.15, 0.2) is 0 Å². The molecule has 1 atom stereocenters. The van der Waals surface area contributed by atoms with Crippen LogP contribution in [0.3, 0.4) is 0 Å². The Morgan fingerprint density at radius 1 is 1.44 bits per heavy atom. The van der Waals surface area contributed by atoms with Gasteiger partial charge in [0.1, 0.15) is 0 Å². The summed E-state index contributed by atoms with van der Waals surface area (Å²) in [6, 6.07) is 6.70. The molecule has 4 heteroatoms. The van der Waals surface area contributed by atoms with E-state index in [4.69, 9.17) is 11.6 Å². The molecule has 0 saturated carbocycles. The number of halogens is 1. The van der Waals surface area contributed by atoms with Crippen LogP contribution in [0.1, 0.15) is 5.56 Å². The fraction of sp³-hybridized carbons (Fsp3) is 0.571. The van der Waals surface area contributed by atoms with Gasteiger partial charge in [-0.05, 0) is 44.8 Å². The summed E-state index contributed by atoms with van der Waals surface area (Å²) in [5, 5.41) is 4.29. The Labute approximate surface area is 115 Å². The van der Waals surface area contributed by atoms with Crippen molar-refractivity contribution in [2.45, 2.75) is 13.0 Å². The Bertz CT molecular complexity index is 406. The maximum absolute atomic E-state index is 6.04. The van der Waals surface area contributed by atoms with Gasteiger partial charge >= 0.3 is 0 Å². The Hall–Kier alpha value is -0.770. The molecule has 0 aromatic heterocycles. The maximum atomic E-state index is 6.04. The number of likely N-dealkylation sites (N-methyl/N-ethyl adjacent to an activating group) is 1. The van der Waals surface area contributed by atoms with Gasteiger partial charge in [-0.3, -0.25) is 0 Å². The molecule has 2 rings (SSSR count). The number of benzene rings is 1. The summed E-state index contributed by atoms with van der Waals surface area (Å²) < 4.78 is 0. The van der Waals surface area contributed by atoms with E-state index >= 15 is 0 Å². The fourth-order valence-corrected chi connectivity index (χ4v) is 2.83. The highest BCUT2D eigenvalue weighted by Gasteiger charge is 2.23. The average Bonchev–Trinajstić information content (AvgIpc) is 2.30. The lowest BCUT2D eigenvalue weighted by atomic mass is 10.1. The van der Waals surface area contributed by atoms with Crippen LogP contribution in [-0.2, 0) is 0 Å². The number of aryl methyl sites for hydroxylation is 1. The first kappa shape index (κ1) is 13.7. The molecule has 1 N–H and O–H groups in total. The van der Waals surface area contributed by atoms with Crippen molar-refractivity contribution >= 4 is 17.3 Å². The van der Waals surface area contributed by atoms with E-state index in [1.807, 2.05) is 12.1 Å². The highest BCUT2D eigenvalue weighted by Crippen LogP contribution is 2.26. The molecule has 0 bridgehead atoms. The third-order valence-corrected chi connectivity index (χ3v) is 3.63. The molecule has 1 aromatic carbocycles. The molecular weight excluding hydrogens is 246 g/mol. The van der Waals surface area contributed by atoms with Gasteiger partial charge in [0.05, 0.1) is 6.04 Å². The Balaban J connectivity index is 2.22. The van der Waals surface area contributed by atoms with Crippen molar-refractivity contribution in [2.75, 3.05) is 45.2 Å². The highest BCUT2D eigenvalue weighted by atomic mass is 35.5. The third-order valence-electron chi connectivity index (χ3n) is 3.39. The second kappa shape index (κ2) is 5.91. The summed E-state index contributed by atoms with van der Waals surface area (Å²) in [5.41, 5.74) is 2.57. The molecule has 1 saturated heterocycles. The second-order valence-corrected chi connectivity index (χ2v) is 5.68. The monoisotopic (exact) mass is 267 g/mol. The lowest BCUT2D eigenvalue weighted by Crippen LogP contribution is -2.55. The Kier molecular flexibility index (Phi) is 4.49. The maximum Gasteiger partial charge on any atom is 0.0541 e. The van der Waals surface area contributed by atoms with Gasteiger partial charge in [-0.15, -0.1) is 0 Å². The number of nitrogens with zero attached hydrogens (tertiary/aromatic N) is 2. The number of piperazine rings is 1. The molecule has 1 aliphatic rings. The van der Waals surface area contributed by atoms with Crippen molar-refractivity contribution in [3.63, 3.8) is 0 Å². The quantitative estimate of drug-likeness (QED) is 0.904. The van der Waals surface area contributed by atoms with Gasteiger partial charge in [0.25, 0.3) is 0 Å². The summed E-state index contributed by atoms with van der Waals surface area (Å²) in [6.07, 6.45) is 0. The normalized spacial score (nSPS) is 20.5. The van der Waals surface area contributed by atoms with Crippen molar-refractivity contribution in [3.8, 4) is 0 Å². The molecule has 0 amide bonds. The van der Waals surface area contributed by atoms with Gasteiger partial charge in [-0.1, -0.05) is 11.6 Å².